The van der Waals surface area contributed by atoms with Crippen LogP contribution in [0.3, 0.4) is 0 Å². The van der Waals surface area contributed by atoms with Gasteiger partial charge in [0.05, 0.1) is 32.3 Å². The Morgan fingerprint density at radius 1 is 0.960 bits per heavy atom. The van der Waals surface area contributed by atoms with E-state index in [9.17, 15) is 18.8 Å². The zero-order valence-corrected chi connectivity index (χ0v) is 28.4. The molecule has 0 radical (unpaired) electrons. The van der Waals surface area contributed by atoms with Gasteiger partial charge < -0.3 is 30.6 Å². The van der Waals surface area contributed by atoms with Crippen LogP contribution in [0.5, 0.6) is 0 Å². The molecule has 12 heteroatoms. The van der Waals surface area contributed by atoms with E-state index >= 15 is 0 Å². The van der Waals surface area contributed by atoms with Crippen molar-refractivity contribution in [2.24, 2.45) is 5.73 Å². The first-order valence-electron chi connectivity index (χ1n) is 16.3. The van der Waals surface area contributed by atoms with Crippen molar-refractivity contribution in [3.05, 3.63) is 109 Å². The molecule has 3 amide bonds. The Morgan fingerprint density at radius 3 is 2.10 bits per heavy atom. The predicted octanol–water partition coefficient (Wildman–Crippen LogP) is 5.93. The van der Waals surface area contributed by atoms with Crippen molar-refractivity contribution >= 4 is 23.5 Å². The van der Waals surface area contributed by atoms with Crippen LogP contribution in [0.4, 0.5) is 14.9 Å². The molecule has 0 bridgehead atoms. The number of likely N-dealkylation sites (tertiary alicyclic amines) is 1. The number of amides is 3. The number of nitrogens with two attached hydrogens (primary N) is 1. The standard InChI is InChI=1S/C36H42N6O4.CH3F.CH4.FH.H2/c1-35(2,37)33(44)39-30(24-46-23-26-12-6-4-7-13-26)32(43)40-31-22-42(25-38-31)36(3,34(45)41-20-10-11-21-41)29-18-16-28(17-19-29)27-14-8-5-9-15-27;1-2;;;/h4-9,12-19,22,25,30H,10-11,20-21,23-24,37H2,1-3H3,(H,39,44)(H,40,43);1H3;1H4;2*1H/t30-,36?;;;;/m1..../s1/i;;;;1+2/hT. The molecule has 1 aromatic heterocycles. The summed E-state index contributed by atoms with van der Waals surface area (Å²) in [6.07, 6.45) is 5.11. The van der Waals surface area contributed by atoms with Gasteiger partial charge in [-0.05, 0) is 55.9 Å². The lowest BCUT2D eigenvalue weighted by Crippen LogP contribution is -2.56. The van der Waals surface area contributed by atoms with Gasteiger partial charge in [0.2, 0.25) is 5.91 Å². The van der Waals surface area contributed by atoms with E-state index in [1.54, 1.807) is 30.9 Å². The molecule has 1 unspecified atom stereocenters. The van der Waals surface area contributed by atoms with Gasteiger partial charge in [-0.15, -0.1) is 0 Å². The van der Waals surface area contributed by atoms with Gasteiger partial charge in [-0.2, -0.15) is 0 Å². The number of rotatable bonds is 12. The molecule has 2 atom stereocenters. The van der Waals surface area contributed by atoms with E-state index in [0.29, 0.717) is 20.3 Å². The fourth-order valence-electron chi connectivity index (χ4n) is 5.47. The highest BCUT2D eigenvalue weighted by atomic mass is 19.1. The summed E-state index contributed by atoms with van der Waals surface area (Å²) in [6, 6.07) is 26.5. The molecule has 3 aromatic carbocycles. The molecule has 4 aromatic rings. The zero-order valence-electron chi connectivity index (χ0n) is 29.4. The van der Waals surface area contributed by atoms with Gasteiger partial charge in [0.15, 0.2) is 5.82 Å². The van der Waals surface area contributed by atoms with Crippen molar-refractivity contribution in [1.82, 2.24) is 19.8 Å². The molecule has 1 saturated heterocycles. The first kappa shape index (κ1) is 39.5. The average Bonchev–Trinajstić information content (AvgIpc) is 3.86. The van der Waals surface area contributed by atoms with E-state index in [1.807, 2.05) is 96.8 Å². The fraction of sp³-hybridized carbons (Fsp3) is 0.368. The maximum Gasteiger partial charge on any atom is 0.269 e. The molecule has 0 aliphatic carbocycles. The molecular weight excluding hydrogens is 642 g/mol. The summed E-state index contributed by atoms with van der Waals surface area (Å²) in [5, 5.41) is 5.50. The summed E-state index contributed by atoms with van der Waals surface area (Å²) in [6.45, 7) is 6.57. The number of aromatic nitrogens is 2. The molecule has 0 spiro atoms. The van der Waals surface area contributed by atoms with Crippen LogP contribution in [-0.2, 0) is 31.3 Å². The minimum Gasteiger partial charge on any atom is -0.374 e. The number of anilines is 1. The molecule has 1 aliphatic rings. The number of halogens is 2. The molecule has 2 heterocycles. The quantitative estimate of drug-likeness (QED) is 0.168. The van der Waals surface area contributed by atoms with E-state index in [0.717, 1.165) is 35.1 Å². The van der Waals surface area contributed by atoms with Crippen LogP contribution in [0, 0.1) is 0 Å². The number of nitrogens with zero attached hydrogens (tertiary/aromatic N) is 3. The van der Waals surface area contributed by atoms with Gasteiger partial charge in [-0.25, -0.2) is 4.98 Å². The molecule has 0 saturated carbocycles. The van der Waals surface area contributed by atoms with Crippen LogP contribution in [0.25, 0.3) is 11.1 Å². The smallest absolute Gasteiger partial charge is 0.269 e. The zero-order chi connectivity index (χ0) is 36.7. The molecule has 1 fully saturated rings. The van der Waals surface area contributed by atoms with Gasteiger partial charge in [-0.3, -0.25) is 23.5 Å². The van der Waals surface area contributed by atoms with Gasteiger partial charge in [-0.1, -0.05) is 92.4 Å². The SMILES string of the molecule is C.CC(C)(N)C(=O)N[C@H](COCc1ccccc1)C(=O)Nc1cn(C(C)(C(=O)N2CCCC2)c2ccc(-c3ccccc3)cc2)cn1.CF.[3HH].[3H]F. The molecular formula is C38H52F2N6O4. The first-order chi connectivity index (χ1) is 24.1. The highest BCUT2D eigenvalue weighted by Crippen LogP contribution is 2.32. The molecule has 10 nitrogen and oxygen atoms in total. The number of carbonyl (C=O) groups excluding carboxylic acids is 3. The van der Waals surface area contributed by atoms with Crippen LogP contribution < -0.4 is 16.4 Å². The third kappa shape index (κ3) is 10.1. The fourth-order valence-corrected chi connectivity index (χ4v) is 5.47. The van der Waals surface area contributed by atoms with E-state index in [-0.39, 0.29) is 33.8 Å². The van der Waals surface area contributed by atoms with Crippen molar-refractivity contribution in [3.8, 4) is 11.1 Å². The van der Waals surface area contributed by atoms with Crippen LogP contribution in [-0.4, -0.2) is 72.1 Å². The first-order valence-corrected chi connectivity index (χ1v) is 16.0. The third-order valence-corrected chi connectivity index (χ3v) is 8.32. The maximum absolute atomic E-state index is 14.1. The average molecular weight is 699 g/mol. The lowest BCUT2D eigenvalue weighted by atomic mass is 9.88. The second-order valence-electron chi connectivity index (χ2n) is 12.4. The van der Waals surface area contributed by atoms with Crippen molar-refractivity contribution in [1.29, 1.82) is 1.45 Å². The predicted molar refractivity (Wildman–Crippen MR) is 196 cm³/mol. The second kappa shape index (κ2) is 18.7. The lowest BCUT2D eigenvalue weighted by Gasteiger charge is -2.34. The third-order valence-electron chi connectivity index (χ3n) is 8.32. The highest BCUT2D eigenvalue weighted by molar-refractivity contribution is 5.98. The van der Waals surface area contributed by atoms with Crippen LogP contribution in [0.1, 0.15) is 53.6 Å². The molecule has 1 aliphatic heterocycles. The van der Waals surface area contributed by atoms with E-state index in [2.05, 4.69) is 17.1 Å². The number of hydrogen-bond acceptors (Lipinski definition) is 6. The Labute approximate surface area is 296 Å². The van der Waals surface area contributed by atoms with Crippen LogP contribution >= 0.6 is 0 Å². The number of carbonyl (C=O) groups is 3. The molecule has 5 rings (SSSR count). The molecule has 4 N–H and O–H groups in total. The van der Waals surface area contributed by atoms with Crippen molar-refractivity contribution in [2.75, 3.05) is 32.2 Å². The highest BCUT2D eigenvalue weighted by Gasteiger charge is 2.41. The summed E-state index contributed by atoms with van der Waals surface area (Å²) >= 11 is 0. The monoisotopic (exact) mass is 698 g/mol. The molecule has 50 heavy (non-hydrogen) atoms. The van der Waals surface area contributed by atoms with Gasteiger partial charge >= 0.3 is 0 Å². The second-order valence-corrected chi connectivity index (χ2v) is 12.4. The Morgan fingerprint density at radius 2 is 1.52 bits per heavy atom. The number of ether oxygens (including phenoxy) is 1. The van der Waals surface area contributed by atoms with Crippen molar-refractivity contribution < 1.29 is 29.7 Å². The number of hydrogen-bond donors (Lipinski definition) is 3. The number of imidazole rings is 1. The van der Waals surface area contributed by atoms with E-state index in [4.69, 9.17) is 15.2 Å². The Bertz CT molecular complexity index is 1650. The van der Waals surface area contributed by atoms with Crippen LogP contribution in [0.15, 0.2) is 97.5 Å². The summed E-state index contributed by atoms with van der Waals surface area (Å²) in [7, 11) is 0.500. The Kier molecular flexibility index (Phi) is 14.8. The van der Waals surface area contributed by atoms with Crippen molar-refractivity contribution in [3.63, 3.8) is 0 Å². The van der Waals surface area contributed by atoms with Crippen LogP contribution in [0.2, 0.25) is 0 Å². The van der Waals surface area contributed by atoms with Gasteiger partial charge in [0.25, 0.3) is 13.3 Å². The summed E-state index contributed by atoms with van der Waals surface area (Å²) in [5.41, 5.74) is 7.53. The summed E-state index contributed by atoms with van der Waals surface area (Å²) < 4.78 is 30.0. The van der Waals surface area contributed by atoms with Crippen molar-refractivity contribution in [2.45, 2.75) is 64.8 Å². The summed E-state index contributed by atoms with van der Waals surface area (Å²) in [4.78, 5) is 46.7. The topological polar surface area (TPSA) is 132 Å². The minimum atomic E-state index is -1.20. The van der Waals surface area contributed by atoms with E-state index < -0.39 is 28.9 Å². The summed E-state index contributed by atoms with van der Waals surface area (Å²) in [5.74, 6) is -0.821. The minimum absolute atomic E-state index is 0. The van der Waals surface area contributed by atoms with Gasteiger partial charge in [0.1, 0.15) is 11.6 Å². The van der Waals surface area contributed by atoms with Gasteiger partial charge in [0, 0.05) is 20.7 Å². The Hall–Kier alpha value is -4.94. The van der Waals surface area contributed by atoms with E-state index in [1.165, 1.54) is 0 Å². The number of benzene rings is 3. The largest absolute Gasteiger partial charge is 0.374 e. The Balaban J connectivity index is 0.00000218. The maximum atomic E-state index is 14.1. The lowest BCUT2D eigenvalue weighted by molar-refractivity contribution is -0.137. The number of alkyl halides is 1. The number of nitrogens with one attached hydrogen (secondary N) is 2. The normalized spacial score (nSPS) is 14.2. The molecule has 272 valence electrons.